The number of carbonyl (C=O) groups is 1. The van der Waals surface area contributed by atoms with Crippen molar-refractivity contribution in [2.45, 2.75) is 39.7 Å². The molecule has 1 atom stereocenters. The number of Topliss-reactive ketones (excluding diaryl/α,β-unsaturated/α-hetero) is 1. The van der Waals surface area contributed by atoms with Gasteiger partial charge in [0.25, 0.3) is 0 Å². The molecule has 0 fully saturated rings. The average Bonchev–Trinajstić information content (AvgIpc) is 3.12. The predicted octanol–water partition coefficient (Wildman–Crippen LogP) is 3.96. The Balaban J connectivity index is 2.25. The summed E-state index contributed by atoms with van der Waals surface area (Å²) in [5.74, 6) is 2.27. The minimum absolute atomic E-state index is 0.205. The highest BCUT2D eigenvalue weighted by Crippen LogP contribution is 2.25. The summed E-state index contributed by atoms with van der Waals surface area (Å²) in [5.41, 5.74) is 0. The summed E-state index contributed by atoms with van der Waals surface area (Å²) in [6.45, 7) is 6.26. The Hall–Kier alpha value is -1.81. The van der Waals surface area contributed by atoms with Crippen LogP contribution in [0.2, 0.25) is 0 Å². The van der Waals surface area contributed by atoms with Crippen LogP contribution in [0.5, 0.6) is 0 Å². The number of furan rings is 2. The molecule has 0 saturated carbocycles. The molecule has 4 nitrogen and oxygen atoms in total. The maximum absolute atomic E-state index is 12.5. The third-order valence-electron chi connectivity index (χ3n) is 3.11. The van der Waals surface area contributed by atoms with E-state index in [4.69, 9.17) is 13.6 Å². The summed E-state index contributed by atoms with van der Waals surface area (Å²) in [6, 6.07) is 7.17. The van der Waals surface area contributed by atoms with Crippen molar-refractivity contribution in [3.63, 3.8) is 0 Å². The zero-order valence-electron chi connectivity index (χ0n) is 12.1. The lowest BCUT2D eigenvalue weighted by Gasteiger charge is -2.12. The Morgan fingerprint density at radius 2 is 1.70 bits per heavy atom. The Morgan fingerprint density at radius 3 is 2.25 bits per heavy atom. The fraction of sp³-hybridized carbons (Fsp3) is 0.438. The Morgan fingerprint density at radius 1 is 1.05 bits per heavy atom. The van der Waals surface area contributed by atoms with Gasteiger partial charge in [0.05, 0.1) is 0 Å². The molecule has 4 heteroatoms. The van der Waals surface area contributed by atoms with Crippen LogP contribution in [0.1, 0.15) is 54.7 Å². The lowest BCUT2D eigenvalue weighted by molar-refractivity contribution is 0.0344. The molecule has 2 rings (SSSR count). The summed E-state index contributed by atoms with van der Waals surface area (Å²) in [6.07, 6.45) is 0.803. The van der Waals surface area contributed by atoms with Crippen LogP contribution >= 0.6 is 0 Å². The highest BCUT2D eigenvalue weighted by atomic mass is 16.5. The normalized spacial score (nSPS) is 12.6. The third kappa shape index (κ3) is 3.02. The molecule has 20 heavy (non-hydrogen) atoms. The van der Waals surface area contributed by atoms with Gasteiger partial charge < -0.3 is 13.6 Å². The number of ketones is 1. The lowest BCUT2D eigenvalue weighted by Crippen LogP contribution is -2.15. The molecule has 0 bridgehead atoms. The van der Waals surface area contributed by atoms with Crippen molar-refractivity contribution in [1.82, 2.24) is 0 Å². The molecule has 0 amide bonds. The van der Waals surface area contributed by atoms with E-state index < -0.39 is 6.10 Å². The van der Waals surface area contributed by atoms with Gasteiger partial charge in [0, 0.05) is 19.4 Å². The van der Waals surface area contributed by atoms with Gasteiger partial charge in [-0.25, -0.2) is 0 Å². The van der Waals surface area contributed by atoms with Gasteiger partial charge >= 0.3 is 0 Å². The van der Waals surface area contributed by atoms with E-state index in [0.29, 0.717) is 18.1 Å². The predicted molar refractivity (Wildman–Crippen MR) is 74.9 cm³/mol. The Labute approximate surface area is 118 Å². The van der Waals surface area contributed by atoms with Crippen molar-refractivity contribution < 1.29 is 18.4 Å². The number of carbonyl (C=O) groups excluding carboxylic acids is 1. The van der Waals surface area contributed by atoms with E-state index in [0.717, 1.165) is 24.4 Å². The fourth-order valence-corrected chi connectivity index (χ4v) is 2.01. The van der Waals surface area contributed by atoms with Gasteiger partial charge in [0.1, 0.15) is 17.3 Å². The summed E-state index contributed by atoms with van der Waals surface area (Å²) < 4.78 is 16.7. The van der Waals surface area contributed by atoms with E-state index in [2.05, 4.69) is 0 Å². The first-order valence-corrected chi connectivity index (χ1v) is 7.02. The zero-order valence-corrected chi connectivity index (χ0v) is 12.1. The van der Waals surface area contributed by atoms with E-state index in [9.17, 15) is 4.79 Å². The average molecular weight is 276 g/mol. The number of hydrogen-bond donors (Lipinski definition) is 0. The van der Waals surface area contributed by atoms with Gasteiger partial charge in [-0.3, -0.25) is 4.79 Å². The van der Waals surface area contributed by atoms with Crippen LogP contribution in [0.25, 0.3) is 0 Å². The molecule has 0 aliphatic carbocycles. The molecule has 0 spiro atoms. The number of ether oxygens (including phenoxy) is 1. The molecule has 0 N–H and O–H groups in total. The summed E-state index contributed by atoms with van der Waals surface area (Å²) in [5, 5.41) is 0. The standard InChI is InChI=1S/C16H20O4/c1-4-11-7-9-13(19-11)15(17)16(18-6-3)14-10-8-12(5-2)20-14/h7-10,16H,4-6H2,1-3H3. The van der Waals surface area contributed by atoms with Crippen LogP contribution in [0, 0.1) is 0 Å². The van der Waals surface area contributed by atoms with Crippen LogP contribution in [0.4, 0.5) is 0 Å². The van der Waals surface area contributed by atoms with Gasteiger partial charge in [-0.15, -0.1) is 0 Å². The molecule has 0 saturated heterocycles. The first kappa shape index (κ1) is 14.6. The smallest absolute Gasteiger partial charge is 0.234 e. The first-order valence-electron chi connectivity index (χ1n) is 7.02. The molecule has 0 radical (unpaired) electrons. The highest BCUT2D eigenvalue weighted by Gasteiger charge is 2.28. The van der Waals surface area contributed by atoms with Crippen LogP contribution < -0.4 is 0 Å². The topological polar surface area (TPSA) is 52.6 Å². The summed E-state index contributed by atoms with van der Waals surface area (Å²) in [7, 11) is 0. The van der Waals surface area contributed by atoms with Crippen molar-refractivity contribution in [2.75, 3.05) is 6.61 Å². The second-order valence-electron chi connectivity index (χ2n) is 4.48. The molecule has 1 unspecified atom stereocenters. The van der Waals surface area contributed by atoms with Gasteiger partial charge in [0.15, 0.2) is 11.9 Å². The molecular formula is C16H20O4. The summed E-state index contributed by atoms with van der Waals surface area (Å²) in [4.78, 5) is 12.5. The molecule has 2 aromatic heterocycles. The minimum Gasteiger partial charge on any atom is -0.463 e. The van der Waals surface area contributed by atoms with E-state index in [1.54, 1.807) is 12.1 Å². The molecule has 2 heterocycles. The van der Waals surface area contributed by atoms with Gasteiger partial charge in [-0.1, -0.05) is 13.8 Å². The second-order valence-corrected chi connectivity index (χ2v) is 4.48. The molecule has 2 aromatic rings. The molecule has 108 valence electrons. The maximum atomic E-state index is 12.5. The van der Waals surface area contributed by atoms with Gasteiger partial charge in [0.2, 0.25) is 5.78 Å². The van der Waals surface area contributed by atoms with Crippen molar-refractivity contribution >= 4 is 5.78 Å². The van der Waals surface area contributed by atoms with Crippen molar-refractivity contribution in [3.05, 3.63) is 47.3 Å². The van der Waals surface area contributed by atoms with E-state index in [1.807, 2.05) is 32.9 Å². The van der Waals surface area contributed by atoms with E-state index >= 15 is 0 Å². The monoisotopic (exact) mass is 276 g/mol. The number of rotatable bonds is 7. The summed E-state index contributed by atoms with van der Waals surface area (Å²) >= 11 is 0. The highest BCUT2D eigenvalue weighted by molar-refractivity contribution is 5.97. The van der Waals surface area contributed by atoms with E-state index in [1.165, 1.54) is 0 Å². The number of aryl methyl sites for hydroxylation is 2. The second kappa shape index (κ2) is 6.57. The fourth-order valence-electron chi connectivity index (χ4n) is 2.01. The zero-order chi connectivity index (χ0) is 14.5. The molecular weight excluding hydrogens is 256 g/mol. The van der Waals surface area contributed by atoms with Crippen molar-refractivity contribution in [2.24, 2.45) is 0 Å². The van der Waals surface area contributed by atoms with Crippen LogP contribution in [-0.4, -0.2) is 12.4 Å². The largest absolute Gasteiger partial charge is 0.463 e. The molecule has 0 aliphatic rings. The SMILES string of the molecule is CCOC(C(=O)c1ccc(CC)o1)c1ccc(CC)o1. The van der Waals surface area contributed by atoms with Crippen molar-refractivity contribution in [3.8, 4) is 0 Å². The number of hydrogen-bond acceptors (Lipinski definition) is 4. The van der Waals surface area contributed by atoms with Crippen LogP contribution in [0.3, 0.4) is 0 Å². The van der Waals surface area contributed by atoms with Crippen LogP contribution in [-0.2, 0) is 17.6 Å². The van der Waals surface area contributed by atoms with Gasteiger partial charge in [-0.05, 0) is 31.2 Å². The third-order valence-corrected chi connectivity index (χ3v) is 3.11. The Bertz CT molecular complexity index is 565. The molecule has 0 aliphatic heterocycles. The first-order chi connectivity index (χ1) is 9.69. The minimum atomic E-state index is -0.740. The van der Waals surface area contributed by atoms with Crippen LogP contribution in [0.15, 0.2) is 33.1 Å². The van der Waals surface area contributed by atoms with Gasteiger partial charge in [-0.2, -0.15) is 0 Å². The molecule has 0 aromatic carbocycles. The lowest BCUT2D eigenvalue weighted by atomic mass is 10.1. The van der Waals surface area contributed by atoms with Crippen molar-refractivity contribution in [1.29, 1.82) is 0 Å². The maximum Gasteiger partial charge on any atom is 0.234 e. The van der Waals surface area contributed by atoms with E-state index in [-0.39, 0.29) is 5.78 Å². The quantitative estimate of drug-likeness (QED) is 0.718. The Kier molecular flexibility index (Phi) is 4.79.